The zero-order valence-corrected chi connectivity index (χ0v) is 12.7. The molecular formula is C13H22N2O4S. The number of aliphatic hydroxyl groups is 1. The molecule has 2 atom stereocenters. The minimum atomic E-state index is -3.55. The molecule has 0 radical (unpaired) electrons. The molecule has 0 amide bonds. The van der Waals surface area contributed by atoms with Gasteiger partial charge in [0.2, 0.25) is 10.0 Å². The predicted octanol–water partition coefficient (Wildman–Crippen LogP) is 1.34. The average molecular weight is 302 g/mol. The van der Waals surface area contributed by atoms with Crippen molar-refractivity contribution < 1.29 is 18.0 Å². The summed E-state index contributed by atoms with van der Waals surface area (Å²) in [6.07, 6.45) is 3.34. The maximum Gasteiger partial charge on any atom is 0.218 e. The van der Waals surface area contributed by atoms with Gasteiger partial charge in [-0.1, -0.05) is 24.9 Å². The molecule has 1 aliphatic carbocycles. The SMILES string of the molecule is Cc1cc(CS(=O)(=O)NC2(CO)CCCC(C)C2)no1. The lowest BCUT2D eigenvalue weighted by molar-refractivity contribution is 0.119. The van der Waals surface area contributed by atoms with Crippen molar-refractivity contribution in [1.29, 1.82) is 0 Å². The van der Waals surface area contributed by atoms with E-state index in [9.17, 15) is 13.5 Å². The molecule has 1 heterocycles. The van der Waals surface area contributed by atoms with Crippen LogP contribution in [0.2, 0.25) is 0 Å². The van der Waals surface area contributed by atoms with E-state index in [0.29, 0.717) is 30.2 Å². The van der Waals surface area contributed by atoms with E-state index in [1.807, 2.05) is 0 Å². The van der Waals surface area contributed by atoms with E-state index >= 15 is 0 Å². The van der Waals surface area contributed by atoms with E-state index in [4.69, 9.17) is 4.52 Å². The molecule has 20 heavy (non-hydrogen) atoms. The van der Waals surface area contributed by atoms with Gasteiger partial charge in [-0.05, 0) is 25.7 Å². The molecule has 0 bridgehead atoms. The van der Waals surface area contributed by atoms with Crippen LogP contribution in [-0.4, -0.2) is 30.8 Å². The van der Waals surface area contributed by atoms with Crippen LogP contribution in [0.25, 0.3) is 0 Å². The molecule has 114 valence electrons. The third-order valence-corrected chi connectivity index (χ3v) is 5.20. The number of hydrogen-bond acceptors (Lipinski definition) is 5. The van der Waals surface area contributed by atoms with Gasteiger partial charge in [-0.25, -0.2) is 13.1 Å². The Labute approximate surface area is 119 Å². The van der Waals surface area contributed by atoms with Crippen LogP contribution in [0.1, 0.15) is 44.1 Å². The van der Waals surface area contributed by atoms with Crippen molar-refractivity contribution in [2.24, 2.45) is 5.92 Å². The third-order valence-electron chi connectivity index (χ3n) is 3.78. The fraction of sp³-hybridized carbons (Fsp3) is 0.769. The fourth-order valence-electron chi connectivity index (χ4n) is 2.98. The third kappa shape index (κ3) is 3.80. The van der Waals surface area contributed by atoms with Gasteiger partial charge < -0.3 is 9.63 Å². The van der Waals surface area contributed by atoms with Gasteiger partial charge in [-0.15, -0.1) is 0 Å². The second-order valence-corrected chi connectivity index (χ2v) is 7.65. The van der Waals surface area contributed by atoms with Crippen LogP contribution in [0, 0.1) is 12.8 Å². The van der Waals surface area contributed by atoms with Crippen molar-refractivity contribution in [3.8, 4) is 0 Å². The normalized spacial score (nSPS) is 27.6. The van der Waals surface area contributed by atoms with Gasteiger partial charge in [-0.3, -0.25) is 0 Å². The Hall–Kier alpha value is -0.920. The highest BCUT2D eigenvalue weighted by atomic mass is 32.2. The first-order chi connectivity index (χ1) is 9.34. The highest BCUT2D eigenvalue weighted by Gasteiger charge is 2.38. The molecule has 0 saturated heterocycles. The molecular weight excluding hydrogens is 280 g/mol. The summed E-state index contributed by atoms with van der Waals surface area (Å²) in [7, 11) is -3.55. The molecule has 2 rings (SSSR count). The first-order valence-electron chi connectivity index (χ1n) is 6.89. The van der Waals surface area contributed by atoms with Crippen molar-refractivity contribution in [3.05, 3.63) is 17.5 Å². The Balaban J connectivity index is 2.09. The Bertz CT molecular complexity index is 554. The van der Waals surface area contributed by atoms with E-state index in [0.717, 1.165) is 12.8 Å². The summed E-state index contributed by atoms with van der Waals surface area (Å²) in [6.45, 7) is 3.63. The van der Waals surface area contributed by atoms with E-state index in [1.54, 1.807) is 13.0 Å². The molecule has 2 unspecified atom stereocenters. The Morgan fingerprint density at radius 2 is 2.35 bits per heavy atom. The smallest absolute Gasteiger partial charge is 0.218 e. The Morgan fingerprint density at radius 1 is 1.60 bits per heavy atom. The first-order valence-corrected chi connectivity index (χ1v) is 8.54. The van der Waals surface area contributed by atoms with Crippen molar-refractivity contribution in [3.63, 3.8) is 0 Å². The number of sulfonamides is 1. The summed E-state index contributed by atoms with van der Waals surface area (Å²) in [6, 6.07) is 1.61. The molecule has 0 spiro atoms. The minimum absolute atomic E-state index is 0.172. The quantitative estimate of drug-likeness (QED) is 0.856. The zero-order chi connectivity index (χ0) is 14.8. The van der Waals surface area contributed by atoms with Crippen molar-refractivity contribution >= 4 is 10.0 Å². The van der Waals surface area contributed by atoms with Crippen LogP contribution < -0.4 is 4.72 Å². The van der Waals surface area contributed by atoms with Crippen LogP contribution in [0.4, 0.5) is 0 Å². The van der Waals surface area contributed by atoms with Crippen LogP contribution in [0.3, 0.4) is 0 Å². The van der Waals surface area contributed by atoms with Gasteiger partial charge in [0.05, 0.1) is 12.1 Å². The van der Waals surface area contributed by atoms with Crippen LogP contribution in [0.5, 0.6) is 0 Å². The van der Waals surface area contributed by atoms with Gasteiger partial charge in [-0.2, -0.15) is 0 Å². The van der Waals surface area contributed by atoms with Crippen LogP contribution in [0.15, 0.2) is 10.6 Å². The van der Waals surface area contributed by atoms with Gasteiger partial charge in [0.15, 0.2) is 0 Å². The summed E-state index contributed by atoms with van der Waals surface area (Å²) in [5.74, 6) is 0.770. The maximum atomic E-state index is 12.2. The predicted molar refractivity (Wildman–Crippen MR) is 74.4 cm³/mol. The standard InChI is InChI=1S/C13H22N2O4S/c1-10-4-3-5-13(7-10,9-16)15-20(17,18)8-12-6-11(2)19-14-12/h6,10,15-16H,3-5,7-9H2,1-2H3. The summed E-state index contributed by atoms with van der Waals surface area (Å²) < 4.78 is 32.1. The molecule has 1 aromatic heterocycles. The lowest BCUT2D eigenvalue weighted by Crippen LogP contribution is -2.54. The lowest BCUT2D eigenvalue weighted by atomic mass is 9.78. The maximum absolute atomic E-state index is 12.2. The number of aliphatic hydroxyl groups excluding tert-OH is 1. The fourth-order valence-corrected chi connectivity index (χ4v) is 4.48. The minimum Gasteiger partial charge on any atom is -0.394 e. The van der Waals surface area contributed by atoms with Crippen molar-refractivity contribution in [2.45, 2.75) is 50.8 Å². The van der Waals surface area contributed by atoms with E-state index in [1.165, 1.54) is 0 Å². The topological polar surface area (TPSA) is 92.4 Å². The number of nitrogens with one attached hydrogen (secondary N) is 1. The van der Waals surface area contributed by atoms with E-state index in [2.05, 4.69) is 16.8 Å². The highest BCUT2D eigenvalue weighted by Crippen LogP contribution is 2.32. The Morgan fingerprint density at radius 3 is 2.90 bits per heavy atom. The van der Waals surface area contributed by atoms with Gasteiger partial charge >= 0.3 is 0 Å². The Kier molecular flexibility index (Phi) is 4.51. The molecule has 7 heteroatoms. The monoisotopic (exact) mass is 302 g/mol. The number of aromatic nitrogens is 1. The molecule has 6 nitrogen and oxygen atoms in total. The molecule has 1 saturated carbocycles. The first kappa shape index (κ1) is 15.5. The average Bonchev–Trinajstić information content (AvgIpc) is 2.73. The van der Waals surface area contributed by atoms with Gasteiger partial charge in [0.1, 0.15) is 17.2 Å². The van der Waals surface area contributed by atoms with E-state index in [-0.39, 0.29) is 12.4 Å². The summed E-state index contributed by atoms with van der Waals surface area (Å²) in [5.41, 5.74) is -0.345. The number of hydrogen-bond donors (Lipinski definition) is 2. The molecule has 1 aromatic rings. The molecule has 0 aliphatic heterocycles. The molecule has 2 N–H and O–H groups in total. The number of rotatable bonds is 5. The number of nitrogens with zero attached hydrogens (tertiary/aromatic N) is 1. The van der Waals surface area contributed by atoms with E-state index < -0.39 is 15.6 Å². The molecule has 0 aromatic carbocycles. The largest absolute Gasteiger partial charge is 0.394 e. The van der Waals surface area contributed by atoms with Crippen LogP contribution >= 0.6 is 0 Å². The number of aryl methyl sites for hydroxylation is 1. The summed E-state index contributed by atoms with van der Waals surface area (Å²) in [5, 5.41) is 13.3. The van der Waals surface area contributed by atoms with Crippen molar-refractivity contribution in [1.82, 2.24) is 9.88 Å². The second-order valence-electron chi connectivity index (χ2n) is 5.93. The second kappa shape index (κ2) is 5.83. The highest BCUT2D eigenvalue weighted by molar-refractivity contribution is 7.88. The molecule has 1 aliphatic rings. The molecule has 1 fully saturated rings. The van der Waals surface area contributed by atoms with Crippen molar-refractivity contribution in [2.75, 3.05) is 6.61 Å². The van der Waals surface area contributed by atoms with Gasteiger partial charge in [0, 0.05) is 6.07 Å². The summed E-state index contributed by atoms with van der Waals surface area (Å²) in [4.78, 5) is 0. The van der Waals surface area contributed by atoms with Crippen LogP contribution in [-0.2, 0) is 15.8 Å². The van der Waals surface area contributed by atoms with Gasteiger partial charge in [0.25, 0.3) is 0 Å². The lowest BCUT2D eigenvalue weighted by Gasteiger charge is -2.38. The summed E-state index contributed by atoms with van der Waals surface area (Å²) >= 11 is 0. The zero-order valence-electron chi connectivity index (χ0n) is 11.9.